The maximum atomic E-state index is 6.13. The van der Waals surface area contributed by atoms with Crippen molar-refractivity contribution in [3.05, 3.63) is 75.9 Å². The molecule has 4 N–H and O–H groups in total. The van der Waals surface area contributed by atoms with E-state index in [1.54, 1.807) is 12.1 Å². The first-order valence-corrected chi connectivity index (χ1v) is 8.39. The Morgan fingerprint density at radius 3 is 2.40 bits per heavy atom. The lowest BCUT2D eigenvalue weighted by atomic mass is 10.0. The first kappa shape index (κ1) is 17.3. The summed E-state index contributed by atoms with van der Waals surface area (Å²) in [5.41, 5.74) is 15.1. The zero-order valence-electron chi connectivity index (χ0n) is 13.3. The molecule has 25 heavy (non-hydrogen) atoms. The summed E-state index contributed by atoms with van der Waals surface area (Å²) in [7, 11) is 0. The van der Waals surface area contributed by atoms with E-state index in [9.17, 15) is 0 Å². The molecule has 0 aliphatic rings. The van der Waals surface area contributed by atoms with Crippen LogP contribution in [-0.4, -0.2) is 9.97 Å². The van der Waals surface area contributed by atoms with Crippen molar-refractivity contribution in [3.63, 3.8) is 0 Å². The standard InChI is InChI=1S/C19H16Cl2N4/c20-14-10-9-13(11-15(14)21)17-16(24-19(23)25-18(17)22)8-4-7-12-5-2-1-3-6-12/h1-6,8-11H,7H2,(H4,22,23,24,25). The van der Waals surface area contributed by atoms with Gasteiger partial charge in [0.25, 0.3) is 0 Å². The number of hydrogen-bond acceptors (Lipinski definition) is 4. The van der Waals surface area contributed by atoms with Gasteiger partial charge in [-0.3, -0.25) is 0 Å². The summed E-state index contributed by atoms with van der Waals surface area (Å²) < 4.78 is 0. The topological polar surface area (TPSA) is 77.8 Å². The van der Waals surface area contributed by atoms with Crippen LogP contribution >= 0.6 is 23.2 Å². The molecule has 0 amide bonds. The maximum absolute atomic E-state index is 6.13. The zero-order valence-corrected chi connectivity index (χ0v) is 14.8. The number of hydrogen-bond donors (Lipinski definition) is 2. The third-order valence-electron chi connectivity index (χ3n) is 3.66. The second kappa shape index (κ2) is 7.55. The van der Waals surface area contributed by atoms with Crippen LogP contribution in [0.5, 0.6) is 0 Å². The van der Waals surface area contributed by atoms with Crippen molar-refractivity contribution in [2.24, 2.45) is 0 Å². The summed E-state index contributed by atoms with van der Waals surface area (Å²) in [6.07, 6.45) is 4.67. The van der Waals surface area contributed by atoms with Gasteiger partial charge in [0.05, 0.1) is 15.7 Å². The van der Waals surface area contributed by atoms with Crippen LogP contribution in [0, 0.1) is 0 Å². The lowest BCUT2D eigenvalue weighted by Crippen LogP contribution is -2.04. The van der Waals surface area contributed by atoms with Gasteiger partial charge < -0.3 is 11.5 Å². The molecule has 0 radical (unpaired) electrons. The fraction of sp³-hybridized carbons (Fsp3) is 0.0526. The van der Waals surface area contributed by atoms with Crippen LogP contribution in [0.25, 0.3) is 17.2 Å². The van der Waals surface area contributed by atoms with E-state index in [2.05, 4.69) is 22.1 Å². The average Bonchev–Trinajstić information content (AvgIpc) is 2.58. The molecule has 0 unspecified atom stereocenters. The number of anilines is 2. The van der Waals surface area contributed by atoms with Crippen molar-refractivity contribution in [3.8, 4) is 11.1 Å². The number of rotatable bonds is 4. The minimum atomic E-state index is 0.126. The van der Waals surface area contributed by atoms with Gasteiger partial charge in [-0.15, -0.1) is 0 Å². The molecule has 4 nitrogen and oxygen atoms in total. The SMILES string of the molecule is Nc1nc(N)c(-c2ccc(Cl)c(Cl)c2)c(C=CCc2ccccc2)n1. The normalized spacial score (nSPS) is 11.1. The van der Waals surface area contributed by atoms with E-state index >= 15 is 0 Å². The van der Waals surface area contributed by atoms with Crippen molar-refractivity contribution in [2.45, 2.75) is 6.42 Å². The van der Waals surface area contributed by atoms with Crippen LogP contribution < -0.4 is 11.5 Å². The Morgan fingerprint density at radius 2 is 1.68 bits per heavy atom. The van der Waals surface area contributed by atoms with Gasteiger partial charge in [-0.25, -0.2) is 4.98 Å². The lowest BCUT2D eigenvalue weighted by Gasteiger charge is -2.10. The van der Waals surface area contributed by atoms with E-state index < -0.39 is 0 Å². The Balaban J connectivity index is 1.99. The third kappa shape index (κ3) is 4.10. The van der Waals surface area contributed by atoms with Crippen molar-refractivity contribution in [1.82, 2.24) is 9.97 Å². The highest BCUT2D eigenvalue weighted by atomic mass is 35.5. The van der Waals surface area contributed by atoms with Gasteiger partial charge in [0.1, 0.15) is 5.82 Å². The molecule has 0 aliphatic heterocycles. The molecule has 126 valence electrons. The minimum Gasteiger partial charge on any atom is -0.383 e. The molecule has 0 aliphatic carbocycles. The third-order valence-corrected chi connectivity index (χ3v) is 4.40. The summed E-state index contributed by atoms with van der Waals surface area (Å²) in [4.78, 5) is 8.38. The summed E-state index contributed by atoms with van der Waals surface area (Å²) in [6, 6.07) is 15.4. The highest BCUT2D eigenvalue weighted by Gasteiger charge is 2.13. The van der Waals surface area contributed by atoms with Crippen LogP contribution in [0.2, 0.25) is 10.0 Å². The van der Waals surface area contributed by atoms with Gasteiger partial charge in [0, 0.05) is 5.56 Å². The largest absolute Gasteiger partial charge is 0.383 e. The van der Waals surface area contributed by atoms with Crippen LogP contribution in [0.4, 0.5) is 11.8 Å². The van der Waals surface area contributed by atoms with Crippen LogP contribution in [-0.2, 0) is 6.42 Å². The van der Waals surface area contributed by atoms with E-state index in [0.717, 1.165) is 12.0 Å². The van der Waals surface area contributed by atoms with Crippen molar-refractivity contribution in [1.29, 1.82) is 0 Å². The number of halogens is 2. The molecule has 3 rings (SSSR count). The molecule has 0 bridgehead atoms. The Bertz CT molecular complexity index is 924. The molecule has 1 heterocycles. The summed E-state index contributed by atoms with van der Waals surface area (Å²) in [5.74, 6) is 0.422. The van der Waals surface area contributed by atoms with Gasteiger partial charge in [-0.2, -0.15) is 4.98 Å². The predicted octanol–water partition coefficient (Wildman–Crippen LogP) is 4.87. The van der Waals surface area contributed by atoms with Crippen LogP contribution in [0.1, 0.15) is 11.3 Å². The fourth-order valence-electron chi connectivity index (χ4n) is 2.50. The van der Waals surface area contributed by atoms with Crippen LogP contribution in [0.15, 0.2) is 54.6 Å². The van der Waals surface area contributed by atoms with Crippen molar-refractivity contribution < 1.29 is 0 Å². The second-order valence-electron chi connectivity index (χ2n) is 5.45. The summed E-state index contributed by atoms with van der Waals surface area (Å²) in [5, 5.41) is 0.913. The number of aromatic nitrogens is 2. The molecule has 0 saturated heterocycles. The van der Waals surface area contributed by atoms with E-state index in [1.807, 2.05) is 36.4 Å². The lowest BCUT2D eigenvalue weighted by molar-refractivity contribution is 1.18. The molecule has 0 spiro atoms. The van der Waals surface area contributed by atoms with Gasteiger partial charge in [0.2, 0.25) is 5.95 Å². The number of benzene rings is 2. The van der Waals surface area contributed by atoms with Crippen molar-refractivity contribution in [2.75, 3.05) is 11.5 Å². The highest BCUT2D eigenvalue weighted by Crippen LogP contribution is 2.33. The molecule has 2 aromatic carbocycles. The maximum Gasteiger partial charge on any atom is 0.222 e. The highest BCUT2D eigenvalue weighted by molar-refractivity contribution is 6.42. The van der Waals surface area contributed by atoms with Gasteiger partial charge in [-0.05, 0) is 35.8 Å². The molecule has 6 heteroatoms. The molecular weight excluding hydrogens is 355 g/mol. The smallest absolute Gasteiger partial charge is 0.222 e. The molecule has 0 saturated carbocycles. The number of nitrogens with two attached hydrogens (primary N) is 2. The Hall–Kier alpha value is -2.56. The molecule has 3 aromatic rings. The number of nitrogens with zero attached hydrogens (tertiary/aromatic N) is 2. The quantitative estimate of drug-likeness (QED) is 0.686. The Morgan fingerprint density at radius 1 is 0.920 bits per heavy atom. The Kier molecular flexibility index (Phi) is 5.22. The summed E-state index contributed by atoms with van der Waals surface area (Å²) in [6.45, 7) is 0. The average molecular weight is 371 g/mol. The van der Waals surface area contributed by atoms with Crippen LogP contribution in [0.3, 0.4) is 0 Å². The van der Waals surface area contributed by atoms with E-state index in [0.29, 0.717) is 27.1 Å². The number of allylic oxidation sites excluding steroid dienone is 1. The Labute approximate surface area is 156 Å². The minimum absolute atomic E-state index is 0.126. The number of nitrogen functional groups attached to an aromatic ring is 2. The van der Waals surface area contributed by atoms with Gasteiger partial charge in [0.15, 0.2) is 0 Å². The van der Waals surface area contributed by atoms with E-state index in [-0.39, 0.29) is 5.95 Å². The first-order valence-electron chi connectivity index (χ1n) is 7.63. The fourth-order valence-corrected chi connectivity index (χ4v) is 2.80. The summed E-state index contributed by atoms with van der Waals surface area (Å²) >= 11 is 12.1. The zero-order chi connectivity index (χ0) is 17.8. The molecule has 1 aromatic heterocycles. The predicted molar refractivity (Wildman–Crippen MR) is 105 cm³/mol. The monoisotopic (exact) mass is 370 g/mol. The van der Waals surface area contributed by atoms with Gasteiger partial charge >= 0.3 is 0 Å². The molecule has 0 atom stereocenters. The van der Waals surface area contributed by atoms with Gasteiger partial charge in [-0.1, -0.05) is 65.7 Å². The molecule has 0 fully saturated rings. The van der Waals surface area contributed by atoms with E-state index in [4.69, 9.17) is 34.7 Å². The van der Waals surface area contributed by atoms with E-state index in [1.165, 1.54) is 5.56 Å². The molecular formula is C19H16Cl2N4. The first-order chi connectivity index (χ1) is 12.0. The van der Waals surface area contributed by atoms with Crippen molar-refractivity contribution >= 4 is 41.0 Å². The second-order valence-corrected chi connectivity index (χ2v) is 6.26.